The van der Waals surface area contributed by atoms with Gasteiger partial charge in [-0.1, -0.05) is 0 Å². The van der Waals surface area contributed by atoms with Crippen LogP contribution in [0.1, 0.15) is 5.56 Å². The predicted octanol–water partition coefficient (Wildman–Crippen LogP) is 2.67. The molecule has 1 amide bonds. The molecule has 0 radical (unpaired) electrons. The maximum absolute atomic E-state index is 12.7. The molecule has 7 heteroatoms. The third-order valence-electron chi connectivity index (χ3n) is 2.58. The standard InChI is InChI=1S/C12H10F3N3O/c1-18-6-8(5-17-18)10-4-9(12(13,14)15)2-3-11(10)16-7-19/h2-7H,1H3,(H,16,19). The molecule has 100 valence electrons. The minimum Gasteiger partial charge on any atom is -0.328 e. The Hall–Kier alpha value is -2.31. The number of hydrogen-bond acceptors (Lipinski definition) is 2. The number of aryl methyl sites for hydroxylation is 1. The second kappa shape index (κ2) is 4.75. The number of anilines is 1. The third-order valence-corrected chi connectivity index (χ3v) is 2.58. The van der Waals surface area contributed by atoms with Crippen LogP contribution in [-0.2, 0) is 18.0 Å². The van der Waals surface area contributed by atoms with Gasteiger partial charge in [-0.2, -0.15) is 18.3 Å². The molecule has 0 aliphatic carbocycles. The fraction of sp³-hybridized carbons (Fsp3) is 0.167. The lowest BCUT2D eigenvalue weighted by atomic mass is 10.0. The van der Waals surface area contributed by atoms with Crippen molar-refractivity contribution in [1.29, 1.82) is 0 Å². The molecule has 1 heterocycles. The van der Waals surface area contributed by atoms with Crippen molar-refractivity contribution in [2.45, 2.75) is 6.18 Å². The largest absolute Gasteiger partial charge is 0.416 e. The summed E-state index contributed by atoms with van der Waals surface area (Å²) in [6, 6.07) is 3.13. The van der Waals surface area contributed by atoms with Gasteiger partial charge in [0.15, 0.2) is 0 Å². The zero-order chi connectivity index (χ0) is 14.0. The Balaban J connectivity index is 2.57. The van der Waals surface area contributed by atoms with Crippen molar-refractivity contribution in [2.75, 3.05) is 5.32 Å². The summed E-state index contributed by atoms with van der Waals surface area (Å²) >= 11 is 0. The number of aromatic nitrogens is 2. The Morgan fingerprint density at radius 3 is 2.63 bits per heavy atom. The minimum absolute atomic E-state index is 0.273. The van der Waals surface area contributed by atoms with E-state index in [0.29, 0.717) is 17.7 Å². The molecular weight excluding hydrogens is 259 g/mol. The van der Waals surface area contributed by atoms with Crippen LogP contribution in [0, 0.1) is 0 Å². The highest BCUT2D eigenvalue weighted by Crippen LogP contribution is 2.35. The van der Waals surface area contributed by atoms with Gasteiger partial charge < -0.3 is 5.32 Å². The highest BCUT2D eigenvalue weighted by molar-refractivity contribution is 5.85. The van der Waals surface area contributed by atoms with Gasteiger partial charge in [-0.25, -0.2) is 0 Å². The number of nitrogens with one attached hydrogen (secondary N) is 1. The fourth-order valence-corrected chi connectivity index (χ4v) is 1.71. The van der Waals surface area contributed by atoms with Crippen molar-refractivity contribution in [3.63, 3.8) is 0 Å². The summed E-state index contributed by atoms with van der Waals surface area (Å²) in [6.45, 7) is 0. The summed E-state index contributed by atoms with van der Waals surface area (Å²) in [7, 11) is 1.66. The number of rotatable bonds is 3. The number of carbonyl (C=O) groups is 1. The number of halogens is 3. The molecule has 1 aromatic carbocycles. The quantitative estimate of drug-likeness (QED) is 0.871. The monoisotopic (exact) mass is 269 g/mol. The molecule has 0 aliphatic rings. The molecule has 2 aromatic rings. The zero-order valence-electron chi connectivity index (χ0n) is 9.90. The normalized spacial score (nSPS) is 11.4. The van der Waals surface area contributed by atoms with Gasteiger partial charge >= 0.3 is 6.18 Å². The summed E-state index contributed by atoms with van der Waals surface area (Å²) in [5, 5.41) is 6.28. The van der Waals surface area contributed by atoms with Gasteiger partial charge in [-0.05, 0) is 18.2 Å². The van der Waals surface area contributed by atoms with E-state index in [-0.39, 0.29) is 5.56 Å². The van der Waals surface area contributed by atoms with Crippen molar-refractivity contribution in [1.82, 2.24) is 9.78 Å². The van der Waals surface area contributed by atoms with Crippen LogP contribution in [0.25, 0.3) is 11.1 Å². The Kier molecular flexibility index (Phi) is 3.28. The summed E-state index contributed by atoms with van der Waals surface area (Å²) in [6.07, 6.45) is -1.00. The van der Waals surface area contributed by atoms with E-state index in [2.05, 4.69) is 10.4 Å². The summed E-state index contributed by atoms with van der Waals surface area (Å²) < 4.78 is 39.6. The van der Waals surface area contributed by atoms with E-state index in [1.807, 2.05) is 0 Å². The zero-order valence-corrected chi connectivity index (χ0v) is 9.90. The van der Waals surface area contributed by atoms with E-state index in [1.165, 1.54) is 16.9 Å². The van der Waals surface area contributed by atoms with Crippen LogP contribution in [0.4, 0.5) is 18.9 Å². The van der Waals surface area contributed by atoms with Crippen LogP contribution in [0.5, 0.6) is 0 Å². The smallest absolute Gasteiger partial charge is 0.328 e. The maximum atomic E-state index is 12.7. The van der Waals surface area contributed by atoms with E-state index in [1.54, 1.807) is 13.2 Å². The fourth-order valence-electron chi connectivity index (χ4n) is 1.71. The summed E-state index contributed by atoms with van der Waals surface area (Å²) in [4.78, 5) is 10.5. The first-order chi connectivity index (χ1) is 8.91. The number of carbonyl (C=O) groups excluding carboxylic acids is 1. The van der Waals surface area contributed by atoms with E-state index >= 15 is 0 Å². The average Bonchev–Trinajstić information content (AvgIpc) is 2.75. The first-order valence-electron chi connectivity index (χ1n) is 5.32. The first kappa shape index (κ1) is 13.1. The van der Waals surface area contributed by atoms with Gasteiger partial charge in [0.1, 0.15) is 0 Å². The first-order valence-corrected chi connectivity index (χ1v) is 5.32. The topological polar surface area (TPSA) is 46.9 Å². The molecule has 0 spiro atoms. The second-order valence-corrected chi connectivity index (χ2v) is 3.92. The molecule has 0 aliphatic heterocycles. The van der Waals surface area contributed by atoms with E-state index in [0.717, 1.165) is 12.1 Å². The van der Waals surface area contributed by atoms with Crippen molar-refractivity contribution in [3.8, 4) is 11.1 Å². The van der Waals surface area contributed by atoms with Gasteiger partial charge in [0, 0.05) is 30.1 Å². The molecule has 1 N–H and O–H groups in total. The molecule has 0 saturated carbocycles. The van der Waals surface area contributed by atoms with Crippen molar-refractivity contribution < 1.29 is 18.0 Å². The Labute approximate surface area is 106 Å². The Morgan fingerprint density at radius 2 is 2.11 bits per heavy atom. The van der Waals surface area contributed by atoms with Crippen LogP contribution >= 0.6 is 0 Å². The lowest BCUT2D eigenvalue weighted by Gasteiger charge is -2.11. The molecule has 2 rings (SSSR count). The molecule has 0 fully saturated rings. The summed E-state index contributed by atoms with van der Waals surface area (Å²) in [5.41, 5.74) is 0.298. The van der Waals surface area contributed by atoms with Crippen LogP contribution in [0.15, 0.2) is 30.6 Å². The van der Waals surface area contributed by atoms with Crippen molar-refractivity contribution in [3.05, 3.63) is 36.2 Å². The van der Waals surface area contributed by atoms with E-state index in [4.69, 9.17) is 0 Å². The molecule has 0 bridgehead atoms. The molecular formula is C12H10F3N3O. The molecule has 19 heavy (non-hydrogen) atoms. The third kappa shape index (κ3) is 2.75. The van der Waals surface area contributed by atoms with E-state index in [9.17, 15) is 18.0 Å². The SMILES string of the molecule is Cn1cc(-c2cc(C(F)(F)F)ccc2NC=O)cn1. The van der Waals surface area contributed by atoms with Gasteiger partial charge in [0.25, 0.3) is 0 Å². The van der Waals surface area contributed by atoms with Crippen LogP contribution in [-0.4, -0.2) is 16.2 Å². The molecule has 1 aromatic heterocycles. The Morgan fingerprint density at radius 1 is 1.37 bits per heavy atom. The predicted molar refractivity (Wildman–Crippen MR) is 63.3 cm³/mol. The lowest BCUT2D eigenvalue weighted by molar-refractivity contribution is -0.137. The highest BCUT2D eigenvalue weighted by Gasteiger charge is 2.31. The van der Waals surface area contributed by atoms with Crippen LogP contribution < -0.4 is 5.32 Å². The molecule has 0 atom stereocenters. The van der Waals surface area contributed by atoms with Crippen molar-refractivity contribution in [2.24, 2.45) is 7.05 Å². The van der Waals surface area contributed by atoms with Crippen molar-refractivity contribution >= 4 is 12.1 Å². The second-order valence-electron chi connectivity index (χ2n) is 3.92. The number of amides is 1. The summed E-state index contributed by atoms with van der Waals surface area (Å²) in [5.74, 6) is 0. The lowest BCUT2D eigenvalue weighted by Crippen LogP contribution is -2.06. The van der Waals surface area contributed by atoms with E-state index < -0.39 is 11.7 Å². The number of alkyl halides is 3. The number of nitrogens with zero attached hydrogens (tertiary/aromatic N) is 2. The number of hydrogen-bond donors (Lipinski definition) is 1. The molecule has 0 unspecified atom stereocenters. The Bertz CT molecular complexity index is 605. The van der Waals surface area contributed by atoms with Crippen LogP contribution in [0.2, 0.25) is 0 Å². The highest BCUT2D eigenvalue weighted by atomic mass is 19.4. The maximum Gasteiger partial charge on any atom is 0.416 e. The number of benzene rings is 1. The molecule has 0 saturated heterocycles. The molecule has 4 nitrogen and oxygen atoms in total. The van der Waals surface area contributed by atoms with Gasteiger partial charge in [-0.3, -0.25) is 9.48 Å². The van der Waals surface area contributed by atoms with Gasteiger partial charge in [0.05, 0.1) is 11.8 Å². The average molecular weight is 269 g/mol. The van der Waals surface area contributed by atoms with Crippen LogP contribution in [0.3, 0.4) is 0 Å². The van der Waals surface area contributed by atoms with Gasteiger partial charge in [-0.15, -0.1) is 0 Å². The minimum atomic E-state index is -4.43. The van der Waals surface area contributed by atoms with Gasteiger partial charge in [0.2, 0.25) is 6.41 Å².